The number of nitrogens with zero attached hydrogens (tertiary/aromatic N) is 2. The van der Waals surface area contributed by atoms with Crippen LogP contribution in [-0.4, -0.2) is 17.6 Å². The van der Waals surface area contributed by atoms with Crippen LogP contribution in [0.5, 0.6) is 0 Å². The molecule has 1 aromatic heterocycles. The Bertz CT molecular complexity index is 599. The van der Waals surface area contributed by atoms with E-state index in [1.807, 2.05) is 12.1 Å². The van der Waals surface area contributed by atoms with Crippen LogP contribution in [-0.2, 0) is 16.4 Å². The van der Waals surface area contributed by atoms with Crippen molar-refractivity contribution in [2.24, 2.45) is 5.92 Å². The molecule has 0 bridgehead atoms. The summed E-state index contributed by atoms with van der Waals surface area (Å²) in [5, 5.41) is 3.76. The molecule has 0 aliphatic carbocycles. The zero-order valence-corrected chi connectivity index (χ0v) is 11.3. The van der Waals surface area contributed by atoms with E-state index in [4.69, 9.17) is 0 Å². The van der Waals surface area contributed by atoms with Crippen LogP contribution in [0.25, 0.3) is 0 Å². The Hall–Kier alpha value is -1.62. The van der Waals surface area contributed by atoms with Crippen molar-refractivity contribution in [1.82, 2.24) is 9.19 Å². The van der Waals surface area contributed by atoms with Crippen molar-refractivity contribution in [2.75, 3.05) is 0 Å². The van der Waals surface area contributed by atoms with Gasteiger partial charge in [-0.15, -0.1) is 0 Å². The molecule has 2 rings (SSSR count). The van der Waals surface area contributed by atoms with E-state index in [1.165, 1.54) is 12.4 Å². The molecule has 0 N–H and O–H groups in total. The van der Waals surface area contributed by atoms with Crippen molar-refractivity contribution in [2.45, 2.75) is 25.2 Å². The van der Waals surface area contributed by atoms with Crippen LogP contribution >= 0.6 is 0 Å². The van der Waals surface area contributed by atoms with Gasteiger partial charge in [0.15, 0.2) is 0 Å². The second-order valence-electron chi connectivity index (χ2n) is 4.63. The standard InChI is InChI=1S/C13H16N2O2S/c1-11(2)10-12-4-6-13(7-5-12)18(16,17)15-9-3-8-14-15/h3-9,11H,10H2,1-2H3. The Balaban J connectivity index is 2.30. The highest BCUT2D eigenvalue weighted by molar-refractivity contribution is 7.89. The number of hydrogen-bond donors (Lipinski definition) is 0. The molecule has 1 heterocycles. The SMILES string of the molecule is CC(C)Cc1ccc(S(=O)(=O)n2cccn2)cc1. The van der Waals surface area contributed by atoms with Gasteiger partial charge in [0.2, 0.25) is 0 Å². The number of aromatic nitrogens is 2. The van der Waals surface area contributed by atoms with E-state index in [2.05, 4.69) is 18.9 Å². The Morgan fingerprint density at radius 3 is 2.39 bits per heavy atom. The van der Waals surface area contributed by atoms with Crippen LogP contribution in [0.3, 0.4) is 0 Å². The first-order chi connectivity index (χ1) is 8.50. The lowest BCUT2D eigenvalue weighted by molar-refractivity contribution is 0.580. The van der Waals surface area contributed by atoms with Crippen LogP contribution in [0, 0.1) is 5.92 Å². The Morgan fingerprint density at radius 1 is 1.22 bits per heavy atom. The van der Waals surface area contributed by atoms with Crippen LogP contribution in [0.4, 0.5) is 0 Å². The maximum absolute atomic E-state index is 12.1. The topological polar surface area (TPSA) is 52.0 Å². The zero-order chi connectivity index (χ0) is 13.2. The summed E-state index contributed by atoms with van der Waals surface area (Å²) >= 11 is 0. The summed E-state index contributed by atoms with van der Waals surface area (Å²) in [6, 6.07) is 8.57. The van der Waals surface area contributed by atoms with E-state index in [-0.39, 0.29) is 4.90 Å². The van der Waals surface area contributed by atoms with Crippen LogP contribution in [0.15, 0.2) is 47.6 Å². The quantitative estimate of drug-likeness (QED) is 0.851. The molecule has 96 valence electrons. The minimum Gasteiger partial charge on any atom is -0.199 e. The fraction of sp³-hybridized carbons (Fsp3) is 0.308. The maximum Gasteiger partial charge on any atom is 0.282 e. The van der Waals surface area contributed by atoms with Crippen molar-refractivity contribution in [3.05, 3.63) is 48.3 Å². The van der Waals surface area contributed by atoms with Crippen molar-refractivity contribution in [3.63, 3.8) is 0 Å². The van der Waals surface area contributed by atoms with E-state index < -0.39 is 10.0 Å². The molecule has 5 heteroatoms. The Morgan fingerprint density at radius 2 is 1.89 bits per heavy atom. The molecule has 0 saturated heterocycles. The summed E-state index contributed by atoms with van der Waals surface area (Å²) in [5.74, 6) is 0.554. The highest BCUT2D eigenvalue weighted by Crippen LogP contribution is 2.15. The van der Waals surface area contributed by atoms with Crippen molar-refractivity contribution in [1.29, 1.82) is 0 Å². The average molecular weight is 264 g/mol. The molecule has 1 aromatic carbocycles. The summed E-state index contributed by atoms with van der Waals surface area (Å²) < 4.78 is 25.2. The van der Waals surface area contributed by atoms with Crippen LogP contribution < -0.4 is 0 Å². The first-order valence-electron chi connectivity index (χ1n) is 5.84. The third kappa shape index (κ3) is 2.61. The zero-order valence-electron chi connectivity index (χ0n) is 10.4. The molecule has 0 radical (unpaired) electrons. The monoisotopic (exact) mass is 264 g/mol. The van der Waals surface area contributed by atoms with Gasteiger partial charge >= 0.3 is 0 Å². The third-order valence-electron chi connectivity index (χ3n) is 2.59. The normalized spacial score (nSPS) is 11.9. The number of hydrogen-bond acceptors (Lipinski definition) is 3. The second-order valence-corrected chi connectivity index (χ2v) is 6.42. The average Bonchev–Trinajstić information content (AvgIpc) is 2.83. The van der Waals surface area contributed by atoms with Crippen molar-refractivity contribution in [3.8, 4) is 0 Å². The lowest BCUT2D eigenvalue weighted by Crippen LogP contribution is -2.13. The van der Waals surface area contributed by atoms with E-state index in [0.717, 1.165) is 16.1 Å². The molecule has 0 amide bonds. The Kier molecular flexibility index (Phi) is 3.52. The molecule has 18 heavy (non-hydrogen) atoms. The smallest absolute Gasteiger partial charge is 0.199 e. The first kappa shape index (κ1) is 12.8. The van der Waals surface area contributed by atoms with E-state index in [9.17, 15) is 8.42 Å². The molecule has 0 aliphatic rings. The fourth-order valence-corrected chi connectivity index (χ4v) is 2.88. The van der Waals surface area contributed by atoms with Gasteiger partial charge in [-0.25, -0.2) is 0 Å². The third-order valence-corrected chi connectivity index (χ3v) is 4.17. The minimum atomic E-state index is -3.54. The van der Waals surface area contributed by atoms with Gasteiger partial charge in [-0.3, -0.25) is 0 Å². The maximum atomic E-state index is 12.1. The first-order valence-corrected chi connectivity index (χ1v) is 7.28. The largest absolute Gasteiger partial charge is 0.282 e. The molecular formula is C13H16N2O2S. The molecule has 0 spiro atoms. The predicted molar refractivity (Wildman–Crippen MR) is 69.8 cm³/mol. The van der Waals surface area contributed by atoms with E-state index in [1.54, 1.807) is 18.2 Å². The van der Waals surface area contributed by atoms with E-state index in [0.29, 0.717) is 5.92 Å². The minimum absolute atomic E-state index is 0.263. The van der Waals surface area contributed by atoms with E-state index >= 15 is 0 Å². The molecule has 0 unspecified atom stereocenters. The molecule has 2 aromatic rings. The van der Waals surface area contributed by atoms with Crippen molar-refractivity contribution < 1.29 is 8.42 Å². The molecule has 4 nitrogen and oxygen atoms in total. The summed E-state index contributed by atoms with van der Waals surface area (Å²) in [6.07, 6.45) is 3.82. The highest BCUT2D eigenvalue weighted by Gasteiger charge is 2.16. The summed E-state index contributed by atoms with van der Waals surface area (Å²) in [6.45, 7) is 4.27. The molecule has 0 aliphatic heterocycles. The van der Waals surface area contributed by atoms with Gasteiger partial charge in [-0.2, -0.15) is 17.6 Å². The summed E-state index contributed by atoms with van der Waals surface area (Å²) in [5.41, 5.74) is 1.14. The second kappa shape index (κ2) is 4.94. The number of rotatable bonds is 4. The lowest BCUT2D eigenvalue weighted by Gasteiger charge is -2.07. The highest BCUT2D eigenvalue weighted by atomic mass is 32.2. The van der Waals surface area contributed by atoms with Crippen LogP contribution in [0.1, 0.15) is 19.4 Å². The van der Waals surface area contributed by atoms with Gasteiger partial charge in [0, 0.05) is 6.20 Å². The fourth-order valence-electron chi connectivity index (χ4n) is 1.77. The lowest BCUT2D eigenvalue weighted by atomic mass is 10.0. The van der Waals surface area contributed by atoms with Crippen LogP contribution in [0.2, 0.25) is 0 Å². The molecule has 0 fully saturated rings. The van der Waals surface area contributed by atoms with Gasteiger partial charge in [0.1, 0.15) is 0 Å². The van der Waals surface area contributed by atoms with Gasteiger partial charge in [-0.1, -0.05) is 26.0 Å². The van der Waals surface area contributed by atoms with Gasteiger partial charge in [0.05, 0.1) is 11.1 Å². The number of benzene rings is 1. The van der Waals surface area contributed by atoms with Gasteiger partial charge in [0.25, 0.3) is 10.0 Å². The van der Waals surface area contributed by atoms with Crippen molar-refractivity contribution >= 4 is 10.0 Å². The predicted octanol–water partition coefficient (Wildman–Crippen LogP) is 2.32. The summed E-state index contributed by atoms with van der Waals surface area (Å²) in [4.78, 5) is 0.263. The molecule has 0 atom stereocenters. The molecular weight excluding hydrogens is 248 g/mol. The van der Waals surface area contributed by atoms with Gasteiger partial charge < -0.3 is 0 Å². The van der Waals surface area contributed by atoms with Gasteiger partial charge in [-0.05, 0) is 36.1 Å². The Labute approximate surface area is 107 Å². The summed E-state index contributed by atoms with van der Waals surface area (Å²) in [7, 11) is -3.54. The molecule has 0 saturated carbocycles.